The topological polar surface area (TPSA) is 86.8 Å². The van der Waals surface area contributed by atoms with Crippen molar-refractivity contribution in [2.45, 2.75) is 71.0 Å². The van der Waals surface area contributed by atoms with Crippen LogP contribution in [0.2, 0.25) is 0 Å². The molecule has 0 radical (unpaired) electrons. The quantitative estimate of drug-likeness (QED) is 0.329. The molecule has 8 heteroatoms. The predicted molar refractivity (Wildman–Crippen MR) is 164 cm³/mol. The van der Waals surface area contributed by atoms with Gasteiger partial charge in [-0.25, -0.2) is 8.42 Å². The van der Waals surface area contributed by atoms with Crippen LogP contribution in [0.15, 0.2) is 78.9 Å². The second-order valence-corrected chi connectivity index (χ2v) is 12.9. The van der Waals surface area contributed by atoms with Crippen molar-refractivity contribution in [3.8, 4) is 0 Å². The summed E-state index contributed by atoms with van der Waals surface area (Å²) >= 11 is 0. The highest BCUT2D eigenvalue weighted by Gasteiger charge is 2.34. The summed E-state index contributed by atoms with van der Waals surface area (Å²) in [7, 11) is -3.78. The van der Waals surface area contributed by atoms with Crippen LogP contribution in [0.3, 0.4) is 0 Å². The molecule has 2 amide bonds. The fraction of sp³-hybridized carbons (Fsp3) is 0.394. The summed E-state index contributed by atoms with van der Waals surface area (Å²) in [5, 5.41) is 3.19. The lowest BCUT2D eigenvalue weighted by Gasteiger charge is -2.34. The van der Waals surface area contributed by atoms with Crippen molar-refractivity contribution in [3.05, 3.63) is 101 Å². The van der Waals surface area contributed by atoms with Crippen molar-refractivity contribution in [2.75, 3.05) is 17.1 Å². The normalized spacial score (nSPS) is 14.4. The zero-order chi connectivity index (χ0) is 29.4. The van der Waals surface area contributed by atoms with E-state index < -0.39 is 28.5 Å². The number of rotatable bonds is 12. The number of amides is 2. The number of sulfonamides is 1. The number of hydrogen-bond donors (Lipinski definition) is 1. The standard InChI is InChI=1S/C33H41N3O4S/c1-4-26-18-20-30(21-19-26)36(41(3,39)40)24-32(37)35(23-28-16-14-25(2)15-17-28)31(22-27-10-6-5-7-11-27)33(38)34-29-12-8-9-13-29/h5-7,10-11,14-21,29,31H,4,8-9,12-13,22-24H2,1-3H3,(H,34,38)/t31-/m0/s1. The van der Waals surface area contributed by atoms with Crippen LogP contribution >= 0.6 is 0 Å². The summed E-state index contributed by atoms with van der Waals surface area (Å²) in [6.07, 6.45) is 6.23. The van der Waals surface area contributed by atoms with E-state index in [0.29, 0.717) is 12.1 Å². The summed E-state index contributed by atoms with van der Waals surface area (Å²) in [6.45, 7) is 3.80. The highest BCUT2D eigenvalue weighted by Crippen LogP contribution is 2.23. The number of anilines is 1. The summed E-state index contributed by atoms with van der Waals surface area (Å²) in [6, 6.07) is 24.0. The summed E-state index contributed by atoms with van der Waals surface area (Å²) < 4.78 is 27.0. The fourth-order valence-electron chi connectivity index (χ4n) is 5.32. The monoisotopic (exact) mass is 575 g/mol. The second-order valence-electron chi connectivity index (χ2n) is 11.0. The SMILES string of the molecule is CCc1ccc(N(CC(=O)N(Cc2ccc(C)cc2)[C@@H](Cc2ccccc2)C(=O)NC2CCCC2)S(C)(=O)=O)cc1. The average molecular weight is 576 g/mol. The molecular formula is C33H41N3O4S. The lowest BCUT2D eigenvalue weighted by atomic mass is 10.0. The molecule has 1 fully saturated rings. The van der Waals surface area contributed by atoms with Crippen LogP contribution < -0.4 is 9.62 Å². The highest BCUT2D eigenvalue weighted by molar-refractivity contribution is 7.92. The minimum atomic E-state index is -3.78. The van der Waals surface area contributed by atoms with Gasteiger partial charge in [0.05, 0.1) is 11.9 Å². The molecule has 0 aliphatic heterocycles. The van der Waals surface area contributed by atoms with Gasteiger partial charge in [0.25, 0.3) is 0 Å². The molecule has 0 unspecified atom stereocenters. The molecule has 0 spiro atoms. The second kappa shape index (κ2) is 13.8. The van der Waals surface area contributed by atoms with Gasteiger partial charge in [-0.3, -0.25) is 13.9 Å². The smallest absolute Gasteiger partial charge is 0.244 e. The Morgan fingerprint density at radius 1 is 0.878 bits per heavy atom. The van der Waals surface area contributed by atoms with Crippen LogP contribution in [-0.2, 0) is 39.0 Å². The largest absolute Gasteiger partial charge is 0.352 e. The Kier molecular flexibility index (Phi) is 10.2. The van der Waals surface area contributed by atoms with Crippen molar-refractivity contribution in [1.29, 1.82) is 0 Å². The molecule has 41 heavy (non-hydrogen) atoms. The van der Waals surface area contributed by atoms with E-state index in [4.69, 9.17) is 0 Å². The van der Waals surface area contributed by atoms with Crippen molar-refractivity contribution in [3.63, 3.8) is 0 Å². The minimum absolute atomic E-state index is 0.0849. The third-order valence-electron chi connectivity index (χ3n) is 7.76. The van der Waals surface area contributed by atoms with Crippen LogP contribution in [0.25, 0.3) is 0 Å². The van der Waals surface area contributed by atoms with Crippen LogP contribution in [0.5, 0.6) is 0 Å². The van der Waals surface area contributed by atoms with Crippen LogP contribution in [0.1, 0.15) is 54.9 Å². The molecule has 1 atom stereocenters. The third-order valence-corrected chi connectivity index (χ3v) is 8.90. The maximum Gasteiger partial charge on any atom is 0.244 e. The van der Waals surface area contributed by atoms with Crippen molar-refractivity contribution < 1.29 is 18.0 Å². The molecule has 0 bridgehead atoms. The van der Waals surface area contributed by atoms with Crippen LogP contribution in [-0.4, -0.2) is 50.0 Å². The number of benzene rings is 3. The van der Waals surface area contributed by atoms with E-state index >= 15 is 0 Å². The molecule has 1 aliphatic rings. The number of nitrogens with one attached hydrogen (secondary N) is 1. The molecule has 0 heterocycles. The Morgan fingerprint density at radius 3 is 2.07 bits per heavy atom. The summed E-state index contributed by atoms with van der Waals surface area (Å²) in [5.41, 5.74) is 4.37. The number of carbonyl (C=O) groups is 2. The van der Waals surface area contributed by atoms with E-state index in [0.717, 1.165) is 64.9 Å². The molecule has 1 saturated carbocycles. The van der Waals surface area contributed by atoms with Gasteiger partial charge >= 0.3 is 0 Å². The summed E-state index contributed by atoms with van der Waals surface area (Å²) in [5.74, 6) is -0.641. The first-order valence-electron chi connectivity index (χ1n) is 14.4. The first kappa shape index (κ1) is 30.3. The number of hydrogen-bond acceptors (Lipinski definition) is 4. The number of nitrogens with zero attached hydrogens (tertiary/aromatic N) is 2. The molecule has 3 aromatic carbocycles. The van der Waals surface area contributed by atoms with Gasteiger partial charge in [0.1, 0.15) is 12.6 Å². The maximum absolute atomic E-state index is 14.2. The van der Waals surface area contributed by atoms with Gasteiger partial charge in [0.15, 0.2) is 0 Å². The van der Waals surface area contributed by atoms with Crippen molar-refractivity contribution in [2.24, 2.45) is 0 Å². The van der Waals surface area contributed by atoms with Gasteiger partial charge < -0.3 is 10.2 Å². The van der Waals surface area contributed by atoms with Gasteiger partial charge in [-0.15, -0.1) is 0 Å². The van der Waals surface area contributed by atoms with E-state index in [9.17, 15) is 18.0 Å². The molecule has 0 aromatic heterocycles. The molecule has 218 valence electrons. The maximum atomic E-state index is 14.2. The van der Waals surface area contributed by atoms with Crippen molar-refractivity contribution >= 4 is 27.5 Å². The molecule has 0 saturated heterocycles. The number of carbonyl (C=O) groups excluding carboxylic acids is 2. The molecule has 1 aliphatic carbocycles. The predicted octanol–water partition coefficient (Wildman–Crippen LogP) is 5.02. The lowest BCUT2D eigenvalue weighted by molar-refractivity contribution is -0.140. The molecule has 1 N–H and O–H groups in total. The van der Waals surface area contributed by atoms with Crippen LogP contribution in [0.4, 0.5) is 5.69 Å². The Bertz CT molecular complexity index is 1400. The summed E-state index contributed by atoms with van der Waals surface area (Å²) in [4.78, 5) is 29.6. The molecular weight excluding hydrogens is 534 g/mol. The third kappa shape index (κ3) is 8.43. The van der Waals surface area contributed by atoms with Gasteiger partial charge in [-0.05, 0) is 55.0 Å². The lowest BCUT2D eigenvalue weighted by Crippen LogP contribution is -2.54. The number of aryl methyl sites for hydroxylation is 2. The molecule has 3 aromatic rings. The van der Waals surface area contributed by atoms with Gasteiger partial charge in [0, 0.05) is 19.0 Å². The van der Waals surface area contributed by atoms with E-state index in [2.05, 4.69) is 5.32 Å². The molecule has 7 nitrogen and oxygen atoms in total. The van der Waals surface area contributed by atoms with E-state index in [1.807, 2.05) is 80.6 Å². The van der Waals surface area contributed by atoms with Crippen molar-refractivity contribution in [1.82, 2.24) is 10.2 Å². The molecule has 4 rings (SSSR count). The zero-order valence-corrected chi connectivity index (χ0v) is 25.1. The van der Waals surface area contributed by atoms with Gasteiger partial charge in [0.2, 0.25) is 21.8 Å². The van der Waals surface area contributed by atoms with Gasteiger partial charge in [-0.2, -0.15) is 0 Å². The minimum Gasteiger partial charge on any atom is -0.352 e. The van der Waals surface area contributed by atoms with E-state index in [1.165, 1.54) is 0 Å². The van der Waals surface area contributed by atoms with Gasteiger partial charge in [-0.1, -0.05) is 92.1 Å². The van der Waals surface area contributed by atoms with Crippen LogP contribution in [0, 0.1) is 6.92 Å². The Hall–Kier alpha value is -3.65. The van der Waals surface area contributed by atoms with E-state index in [1.54, 1.807) is 17.0 Å². The average Bonchev–Trinajstić information content (AvgIpc) is 3.47. The Morgan fingerprint density at radius 2 is 1.49 bits per heavy atom. The Balaban J connectivity index is 1.71. The first-order valence-corrected chi connectivity index (χ1v) is 16.2. The first-order chi connectivity index (χ1) is 19.6. The zero-order valence-electron chi connectivity index (χ0n) is 24.3. The fourth-order valence-corrected chi connectivity index (χ4v) is 6.17. The highest BCUT2D eigenvalue weighted by atomic mass is 32.2. The van der Waals surface area contributed by atoms with E-state index in [-0.39, 0.29) is 18.5 Å². The Labute approximate surface area is 244 Å².